The fourth-order valence-corrected chi connectivity index (χ4v) is 2.79. The third kappa shape index (κ3) is 5.35. The Balaban J connectivity index is 1.87. The molecule has 2 amide bonds. The number of hydrogen-bond donors (Lipinski definition) is 1. The molecule has 1 aromatic carbocycles. The molecule has 0 aromatic heterocycles. The molecule has 0 bridgehead atoms. The van der Waals surface area contributed by atoms with Crippen LogP contribution in [0.2, 0.25) is 0 Å². The minimum absolute atomic E-state index is 0.204. The van der Waals surface area contributed by atoms with Gasteiger partial charge in [-0.2, -0.15) is 0 Å². The van der Waals surface area contributed by atoms with Gasteiger partial charge in [0, 0.05) is 25.7 Å². The number of halogens is 2. The molecule has 0 radical (unpaired) electrons. The van der Waals surface area contributed by atoms with Gasteiger partial charge in [0.15, 0.2) is 6.10 Å². The number of carbonyl (C=O) groups excluding carboxylic acids is 3. The van der Waals surface area contributed by atoms with Crippen LogP contribution in [-0.2, 0) is 14.3 Å². The molecule has 2 rings (SSSR count). The molecule has 0 saturated carbocycles. The van der Waals surface area contributed by atoms with E-state index in [9.17, 15) is 23.2 Å². The minimum atomic E-state index is -0.926. The molecule has 1 N–H and O–H groups in total. The summed E-state index contributed by atoms with van der Waals surface area (Å²) in [7, 11) is 0. The first kappa shape index (κ1) is 20.5. The van der Waals surface area contributed by atoms with Crippen LogP contribution < -0.4 is 5.32 Å². The summed E-state index contributed by atoms with van der Waals surface area (Å²) in [6.07, 6.45) is 1.27. The van der Waals surface area contributed by atoms with Crippen molar-refractivity contribution in [3.05, 3.63) is 48.1 Å². The van der Waals surface area contributed by atoms with Crippen molar-refractivity contribution in [3.8, 4) is 0 Å². The summed E-state index contributed by atoms with van der Waals surface area (Å²) in [5, 5.41) is 2.54. The van der Waals surface area contributed by atoms with Crippen LogP contribution in [0.3, 0.4) is 0 Å². The number of carbonyl (C=O) groups is 3. The topological polar surface area (TPSA) is 75.7 Å². The van der Waals surface area contributed by atoms with E-state index in [4.69, 9.17) is 4.74 Å². The Morgan fingerprint density at radius 1 is 1.33 bits per heavy atom. The van der Waals surface area contributed by atoms with Gasteiger partial charge in [-0.3, -0.25) is 14.4 Å². The van der Waals surface area contributed by atoms with Crippen LogP contribution >= 0.6 is 0 Å². The van der Waals surface area contributed by atoms with Crippen molar-refractivity contribution in [1.29, 1.82) is 0 Å². The highest BCUT2D eigenvalue weighted by Gasteiger charge is 2.31. The van der Waals surface area contributed by atoms with E-state index in [1.807, 2.05) is 0 Å². The molecule has 6 nitrogen and oxygen atoms in total. The highest BCUT2D eigenvalue weighted by atomic mass is 19.1. The zero-order chi connectivity index (χ0) is 20.0. The number of piperidine rings is 1. The van der Waals surface area contributed by atoms with Gasteiger partial charge in [0.25, 0.3) is 11.8 Å². The van der Waals surface area contributed by atoms with Crippen LogP contribution in [0.15, 0.2) is 30.9 Å². The van der Waals surface area contributed by atoms with Crippen molar-refractivity contribution in [1.82, 2.24) is 10.2 Å². The lowest BCUT2D eigenvalue weighted by Crippen LogP contribution is -2.42. The van der Waals surface area contributed by atoms with Crippen molar-refractivity contribution in [2.45, 2.75) is 25.9 Å². The van der Waals surface area contributed by atoms with E-state index in [0.717, 1.165) is 12.1 Å². The van der Waals surface area contributed by atoms with Crippen molar-refractivity contribution < 1.29 is 27.9 Å². The first-order chi connectivity index (χ1) is 12.8. The van der Waals surface area contributed by atoms with Gasteiger partial charge in [0.05, 0.1) is 11.5 Å². The first-order valence-electron chi connectivity index (χ1n) is 8.67. The molecule has 0 spiro atoms. The minimum Gasteiger partial charge on any atom is -0.452 e. The van der Waals surface area contributed by atoms with Gasteiger partial charge >= 0.3 is 5.97 Å². The molecular formula is C19H22F2N2O4. The molecule has 146 valence electrons. The predicted molar refractivity (Wildman–Crippen MR) is 93.7 cm³/mol. The number of nitrogens with one attached hydrogen (secondary N) is 1. The second-order valence-electron chi connectivity index (χ2n) is 6.30. The Hall–Kier alpha value is -2.77. The number of esters is 1. The van der Waals surface area contributed by atoms with Crippen LogP contribution in [-0.4, -0.2) is 48.4 Å². The molecule has 1 aromatic rings. The van der Waals surface area contributed by atoms with E-state index < -0.39 is 41.4 Å². The van der Waals surface area contributed by atoms with Crippen molar-refractivity contribution in [2.75, 3.05) is 19.6 Å². The van der Waals surface area contributed by atoms with E-state index in [1.54, 1.807) is 0 Å². The molecule has 8 heteroatoms. The average molecular weight is 380 g/mol. The van der Waals surface area contributed by atoms with Crippen molar-refractivity contribution in [3.63, 3.8) is 0 Å². The summed E-state index contributed by atoms with van der Waals surface area (Å²) in [5.41, 5.74) is -0.204. The van der Waals surface area contributed by atoms with Gasteiger partial charge in [0.2, 0.25) is 0 Å². The highest BCUT2D eigenvalue weighted by Crippen LogP contribution is 2.22. The number of ether oxygens (including phenoxy) is 1. The lowest BCUT2D eigenvalue weighted by atomic mass is 9.96. The normalized spacial score (nSPS) is 15.7. The van der Waals surface area contributed by atoms with Gasteiger partial charge in [0.1, 0.15) is 11.6 Å². The maximum Gasteiger partial charge on any atom is 0.309 e. The van der Waals surface area contributed by atoms with E-state index in [2.05, 4.69) is 11.9 Å². The Morgan fingerprint density at radius 2 is 2.00 bits per heavy atom. The quantitative estimate of drug-likeness (QED) is 0.605. The molecule has 1 fully saturated rings. The lowest BCUT2D eigenvalue weighted by Gasteiger charge is -2.31. The first-order valence-corrected chi connectivity index (χ1v) is 8.67. The smallest absolute Gasteiger partial charge is 0.309 e. The molecule has 1 atom stereocenters. The van der Waals surface area contributed by atoms with Crippen molar-refractivity contribution in [2.24, 2.45) is 5.92 Å². The predicted octanol–water partition coefficient (Wildman–Crippen LogP) is 2.05. The Kier molecular flexibility index (Phi) is 7.04. The summed E-state index contributed by atoms with van der Waals surface area (Å²) in [4.78, 5) is 37.7. The third-order valence-electron chi connectivity index (χ3n) is 4.36. The highest BCUT2D eigenvalue weighted by molar-refractivity contribution is 5.94. The van der Waals surface area contributed by atoms with Crippen LogP contribution in [0.5, 0.6) is 0 Å². The molecular weight excluding hydrogens is 358 g/mol. The molecule has 0 aliphatic carbocycles. The number of hydrogen-bond acceptors (Lipinski definition) is 4. The van der Waals surface area contributed by atoms with Gasteiger partial charge in [-0.05, 0) is 31.9 Å². The zero-order valence-electron chi connectivity index (χ0n) is 15.0. The molecule has 27 heavy (non-hydrogen) atoms. The van der Waals surface area contributed by atoms with Crippen LogP contribution in [0.4, 0.5) is 8.78 Å². The summed E-state index contributed by atoms with van der Waals surface area (Å²) >= 11 is 0. The van der Waals surface area contributed by atoms with Crippen LogP contribution in [0, 0.1) is 17.6 Å². The molecule has 1 aliphatic rings. The van der Waals surface area contributed by atoms with Crippen molar-refractivity contribution >= 4 is 17.8 Å². The van der Waals surface area contributed by atoms with Crippen LogP contribution in [0.1, 0.15) is 30.1 Å². The number of rotatable bonds is 6. The van der Waals surface area contributed by atoms with Gasteiger partial charge in [-0.15, -0.1) is 6.58 Å². The number of benzene rings is 1. The fourth-order valence-electron chi connectivity index (χ4n) is 2.79. The molecule has 1 heterocycles. The Labute approximate surface area is 156 Å². The standard InChI is InChI=1S/C19H22F2N2O4/c1-3-8-22-17(24)12(2)27-19(26)13-6-9-23(10-7-13)18(25)15-5-4-14(20)11-16(15)21/h3-5,11-13H,1,6-10H2,2H3,(H,22,24). The van der Waals surface area contributed by atoms with Gasteiger partial charge in [-0.25, -0.2) is 8.78 Å². The summed E-state index contributed by atoms with van der Waals surface area (Å²) < 4.78 is 31.9. The number of likely N-dealkylation sites (tertiary alicyclic amines) is 1. The largest absolute Gasteiger partial charge is 0.452 e. The van der Waals surface area contributed by atoms with Gasteiger partial charge < -0.3 is 15.0 Å². The average Bonchev–Trinajstić information content (AvgIpc) is 2.65. The summed E-state index contributed by atoms with van der Waals surface area (Å²) in [6.45, 7) is 5.72. The number of amides is 2. The van der Waals surface area contributed by atoms with E-state index in [1.165, 1.54) is 17.9 Å². The molecule has 1 saturated heterocycles. The van der Waals surface area contributed by atoms with Crippen LogP contribution in [0.25, 0.3) is 0 Å². The second kappa shape index (κ2) is 9.25. The summed E-state index contributed by atoms with van der Waals surface area (Å²) in [5.74, 6) is -3.57. The van der Waals surface area contributed by atoms with Gasteiger partial charge in [-0.1, -0.05) is 6.08 Å². The molecule has 1 aliphatic heterocycles. The van der Waals surface area contributed by atoms with E-state index in [0.29, 0.717) is 18.9 Å². The number of nitrogens with zero attached hydrogens (tertiary/aromatic N) is 1. The monoisotopic (exact) mass is 380 g/mol. The Bertz CT molecular complexity index is 730. The SMILES string of the molecule is C=CCNC(=O)C(C)OC(=O)C1CCN(C(=O)c2ccc(F)cc2F)CC1. The zero-order valence-corrected chi connectivity index (χ0v) is 15.0. The summed E-state index contributed by atoms with van der Waals surface area (Å²) in [6, 6.07) is 2.80. The fraction of sp³-hybridized carbons (Fsp3) is 0.421. The maximum atomic E-state index is 13.8. The Morgan fingerprint density at radius 3 is 2.59 bits per heavy atom. The van der Waals surface area contributed by atoms with E-state index >= 15 is 0 Å². The maximum absolute atomic E-state index is 13.8. The second-order valence-corrected chi connectivity index (χ2v) is 6.30. The van der Waals surface area contributed by atoms with E-state index in [-0.39, 0.29) is 25.2 Å². The third-order valence-corrected chi connectivity index (χ3v) is 4.36. The molecule has 1 unspecified atom stereocenters. The lowest BCUT2D eigenvalue weighted by molar-refractivity contribution is -0.159.